The number of carbonyl (C=O) groups is 2. The molecule has 0 atom stereocenters. The van der Waals surface area contributed by atoms with Crippen molar-refractivity contribution in [2.45, 2.75) is 26.2 Å². The van der Waals surface area contributed by atoms with Gasteiger partial charge in [0, 0.05) is 18.4 Å². The van der Waals surface area contributed by atoms with Crippen LogP contribution in [-0.4, -0.2) is 18.4 Å². The molecule has 20 heavy (non-hydrogen) atoms. The van der Waals surface area contributed by atoms with Crippen LogP contribution in [0.5, 0.6) is 0 Å². The number of esters is 1. The van der Waals surface area contributed by atoms with Crippen LogP contribution in [0.1, 0.15) is 36.5 Å². The van der Waals surface area contributed by atoms with Crippen LogP contribution in [0.3, 0.4) is 0 Å². The minimum atomic E-state index is -0.237. The first-order valence-electron chi connectivity index (χ1n) is 6.88. The van der Waals surface area contributed by atoms with Crippen molar-refractivity contribution < 1.29 is 14.3 Å². The third-order valence-electron chi connectivity index (χ3n) is 3.16. The number of hydrogen-bond donors (Lipinski definition) is 0. The van der Waals surface area contributed by atoms with E-state index >= 15 is 0 Å². The van der Waals surface area contributed by atoms with Gasteiger partial charge in [-0.3, -0.25) is 9.59 Å². The standard InChI is InChI=1S/C17H18O3/c1-2-20-17(19)9-5-8-16(18)15-11-10-13-6-3-4-7-14(13)12-15/h3-4,6-7,10-12H,2,5,8-9H2,1H3. The van der Waals surface area contributed by atoms with Crippen molar-refractivity contribution >= 4 is 22.5 Å². The molecule has 0 unspecified atom stereocenters. The van der Waals surface area contributed by atoms with Crippen molar-refractivity contribution in [1.29, 1.82) is 0 Å². The average molecular weight is 270 g/mol. The molecular weight excluding hydrogens is 252 g/mol. The van der Waals surface area contributed by atoms with Crippen LogP contribution in [0.2, 0.25) is 0 Å². The predicted octanol–water partition coefficient (Wildman–Crippen LogP) is 3.76. The van der Waals surface area contributed by atoms with Gasteiger partial charge in [0.25, 0.3) is 0 Å². The average Bonchev–Trinajstić information content (AvgIpc) is 2.47. The van der Waals surface area contributed by atoms with Gasteiger partial charge in [-0.25, -0.2) is 0 Å². The molecule has 0 bridgehead atoms. The normalized spacial score (nSPS) is 10.4. The van der Waals surface area contributed by atoms with Gasteiger partial charge in [-0.05, 0) is 30.2 Å². The van der Waals surface area contributed by atoms with Crippen LogP contribution < -0.4 is 0 Å². The van der Waals surface area contributed by atoms with Crippen LogP contribution in [0, 0.1) is 0 Å². The Morgan fingerprint density at radius 3 is 2.50 bits per heavy atom. The number of ketones is 1. The summed E-state index contributed by atoms with van der Waals surface area (Å²) in [4.78, 5) is 23.3. The maximum Gasteiger partial charge on any atom is 0.305 e. The second-order valence-electron chi connectivity index (χ2n) is 4.64. The lowest BCUT2D eigenvalue weighted by atomic mass is 10.0. The van der Waals surface area contributed by atoms with E-state index in [-0.39, 0.29) is 11.8 Å². The molecule has 3 heteroatoms. The molecule has 0 saturated heterocycles. The maximum atomic E-state index is 12.1. The second kappa shape index (κ2) is 6.85. The topological polar surface area (TPSA) is 43.4 Å². The minimum absolute atomic E-state index is 0.0695. The zero-order chi connectivity index (χ0) is 14.4. The van der Waals surface area contributed by atoms with E-state index in [4.69, 9.17) is 4.74 Å². The predicted molar refractivity (Wildman–Crippen MR) is 78.8 cm³/mol. The molecule has 0 aliphatic carbocycles. The highest BCUT2D eigenvalue weighted by Crippen LogP contribution is 2.17. The van der Waals surface area contributed by atoms with Crippen LogP contribution in [-0.2, 0) is 9.53 Å². The lowest BCUT2D eigenvalue weighted by Gasteiger charge is -2.04. The fraction of sp³-hybridized carbons (Fsp3) is 0.294. The van der Waals surface area contributed by atoms with Crippen molar-refractivity contribution in [3.63, 3.8) is 0 Å². The van der Waals surface area contributed by atoms with Gasteiger partial charge in [-0.1, -0.05) is 36.4 Å². The van der Waals surface area contributed by atoms with E-state index < -0.39 is 0 Å². The lowest BCUT2D eigenvalue weighted by Crippen LogP contribution is -2.05. The fourth-order valence-electron chi connectivity index (χ4n) is 2.13. The minimum Gasteiger partial charge on any atom is -0.466 e. The molecular formula is C17H18O3. The van der Waals surface area contributed by atoms with E-state index in [9.17, 15) is 9.59 Å². The molecule has 0 N–H and O–H groups in total. The van der Waals surface area contributed by atoms with Gasteiger partial charge in [0.15, 0.2) is 5.78 Å². The van der Waals surface area contributed by atoms with Gasteiger partial charge in [-0.15, -0.1) is 0 Å². The smallest absolute Gasteiger partial charge is 0.305 e. The molecule has 0 amide bonds. The van der Waals surface area contributed by atoms with Gasteiger partial charge in [-0.2, -0.15) is 0 Å². The summed E-state index contributed by atoms with van der Waals surface area (Å²) in [5, 5.41) is 2.18. The summed E-state index contributed by atoms with van der Waals surface area (Å²) in [7, 11) is 0. The van der Waals surface area contributed by atoms with Gasteiger partial charge < -0.3 is 4.74 Å². The molecule has 0 heterocycles. The van der Waals surface area contributed by atoms with Gasteiger partial charge in [0.2, 0.25) is 0 Å². The molecule has 0 fully saturated rings. The quantitative estimate of drug-likeness (QED) is 0.593. The first-order valence-corrected chi connectivity index (χ1v) is 6.88. The van der Waals surface area contributed by atoms with Crippen LogP contribution in [0.25, 0.3) is 10.8 Å². The molecule has 0 aliphatic heterocycles. The van der Waals surface area contributed by atoms with E-state index in [2.05, 4.69) is 0 Å². The van der Waals surface area contributed by atoms with Gasteiger partial charge >= 0.3 is 5.97 Å². The Morgan fingerprint density at radius 2 is 1.75 bits per heavy atom. The fourth-order valence-corrected chi connectivity index (χ4v) is 2.13. The largest absolute Gasteiger partial charge is 0.466 e. The Bertz CT molecular complexity index is 616. The molecule has 0 radical (unpaired) electrons. The van der Waals surface area contributed by atoms with Crippen LogP contribution >= 0.6 is 0 Å². The summed E-state index contributed by atoms with van der Waals surface area (Å²) in [6, 6.07) is 13.6. The highest BCUT2D eigenvalue weighted by molar-refractivity contribution is 6.00. The van der Waals surface area contributed by atoms with E-state index in [1.807, 2.05) is 42.5 Å². The maximum absolute atomic E-state index is 12.1. The van der Waals surface area contributed by atoms with Crippen molar-refractivity contribution in [3.05, 3.63) is 48.0 Å². The zero-order valence-corrected chi connectivity index (χ0v) is 11.6. The van der Waals surface area contributed by atoms with E-state index in [1.54, 1.807) is 6.92 Å². The molecule has 2 aromatic carbocycles. The summed E-state index contributed by atoms with van der Waals surface area (Å²) in [6.45, 7) is 2.16. The van der Waals surface area contributed by atoms with Crippen molar-refractivity contribution in [1.82, 2.24) is 0 Å². The lowest BCUT2D eigenvalue weighted by molar-refractivity contribution is -0.143. The Hall–Kier alpha value is -2.16. The molecule has 2 aromatic rings. The molecule has 0 aliphatic rings. The first-order chi connectivity index (χ1) is 9.70. The Balaban J connectivity index is 1.95. The Labute approximate surface area is 118 Å². The van der Waals surface area contributed by atoms with Crippen LogP contribution in [0.15, 0.2) is 42.5 Å². The molecule has 3 nitrogen and oxygen atoms in total. The Morgan fingerprint density at radius 1 is 1.00 bits per heavy atom. The monoisotopic (exact) mass is 270 g/mol. The second-order valence-corrected chi connectivity index (χ2v) is 4.64. The van der Waals surface area contributed by atoms with E-state index in [1.165, 1.54) is 0 Å². The summed E-state index contributed by atoms with van der Waals surface area (Å²) in [5.41, 5.74) is 0.701. The number of ether oxygens (including phenoxy) is 1. The SMILES string of the molecule is CCOC(=O)CCCC(=O)c1ccc2ccccc2c1. The summed E-state index contributed by atoms with van der Waals surface area (Å²) >= 11 is 0. The van der Waals surface area contributed by atoms with Gasteiger partial charge in [0.1, 0.15) is 0 Å². The summed E-state index contributed by atoms with van der Waals surface area (Å²) < 4.78 is 4.84. The molecule has 0 spiro atoms. The van der Waals surface area contributed by atoms with Crippen molar-refractivity contribution in [2.75, 3.05) is 6.61 Å². The van der Waals surface area contributed by atoms with E-state index in [0.29, 0.717) is 31.4 Å². The highest BCUT2D eigenvalue weighted by atomic mass is 16.5. The highest BCUT2D eigenvalue weighted by Gasteiger charge is 2.08. The molecule has 104 valence electrons. The number of rotatable bonds is 6. The first kappa shape index (κ1) is 14.3. The molecule has 0 aromatic heterocycles. The number of benzene rings is 2. The number of Topliss-reactive ketones (excluding diaryl/α,β-unsaturated/α-hetero) is 1. The Kier molecular flexibility index (Phi) is 4.88. The zero-order valence-electron chi connectivity index (χ0n) is 11.6. The molecule has 0 saturated carbocycles. The van der Waals surface area contributed by atoms with Crippen molar-refractivity contribution in [3.8, 4) is 0 Å². The van der Waals surface area contributed by atoms with Crippen LogP contribution in [0.4, 0.5) is 0 Å². The summed E-state index contributed by atoms with van der Waals surface area (Å²) in [6.07, 6.45) is 1.20. The number of carbonyl (C=O) groups excluding carboxylic acids is 2. The van der Waals surface area contributed by atoms with Gasteiger partial charge in [0.05, 0.1) is 6.61 Å². The summed E-state index contributed by atoms with van der Waals surface area (Å²) in [5.74, 6) is -0.168. The van der Waals surface area contributed by atoms with Crippen molar-refractivity contribution in [2.24, 2.45) is 0 Å². The molecule has 2 rings (SSSR count). The third kappa shape index (κ3) is 3.67. The number of fused-ring (bicyclic) bond motifs is 1. The van der Waals surface area contributed by atoms with E-state index in [0.717, 1.165) is 10.8 Å². The number of hydrogen-bond acceptors (Lipinski definition) is 3. The third-order valence-corrected chi connectivity index (χ3v) is 3.16.